The molecule has 10 heavy (non-hydrogen) atoms. The van der Waals surface area contributed by atoms with Gasteiger partial charge in [-0.2, -0.15) is 0 Å². The summed E-state index contributed by atoms with van der Waals surface area (Å²) in [4.78, 5) is 0. The Morgan fingerprint density at radius 3 is 2.80 bits per heavy atom. The van der Waals surface area contributed by atoms with Crippen LogP contribution in [-0.4, -0.2) is 36.8 Å². The molecule has 0 aromatic carbocycles. The molecule has 1 saturated heterocycles. The fourth-order valence-corrected chi connectivity index (χ4v) is 0.889. The average molecular weight is 147 g/mol. The summed E-state index contributed by atoms with van der Waals surface area (Å²) >= 11 is 0. The molecule has 4 heteroatoms. The molecule has 1 aliphatic heterocycles. The van der Waals surface area contributed by atoms with E-state index in [1.165, 1.54) is 0 Å². The highest BCUT2D eigenvalue weighted by molar-refractivity contribution is 4.74. The van der Waals surface area contributed by atoms with Gasteiger partial charge in [0.2, 0.25) is 0 Å². The highest BCUT2D eigenvalue weighted by atomic mass is 16.8. The molecule has 1 aliphatic rings. The van der Waals surface area contributed by atoms with Crippen molar-refractivity contribution in [3.05, 3.63) is 0 Å². The maximum Gasteiger partial charge on any atom is 0.189 e. The summed E-state index contributed by atoms with van der Waals surface area (Å²) in [5, 5.41) is 8.75. The average Bonchev–Trinajstić information content (AvgIpc) is 2.33. The highest BCUT2D eigenvalue weighted by Gasteiger charge is 2.35. The van der Waals surface area contributed by atoms with E-state index < -0.39 is 5.79 Å². The van der Waals surface area contributed by atoms with Crippen molar-refractivity contribution in [3.63, 3.8) is 0 Å². The van der Waals surface area contributed by atoms with E-state index >= 15 is 0 Å². The monoisotopic (exact) mass is 147 g/mol. The fraction of sp³-hybridized carbons (Fsp3) is 1.00. The predicted molar refractivity (Wildman–Crippen MR) is 35.4 cm³/mol. The van der Waals surface area contributed by atoms with Crippen LogP contribution in [0.1, 0.15) is 6.92 Å². The lowest BCUT2D eigenvalue weighted by atomic mass is 10.3. The fourth-order valence-electron chi connectivity index (χ4n) is 0.889. The first-order chi connectivity index (χ1) is 4.70. The van der Waals surface area contributed by atoms with Gasteiger partial charge >= 0.3 is 0 Å². The van der Waals surface area contributed by atoms with Gasteiger partial charge in [0, 0.05) is 6.54 Å². The molecule has 2 atom stereocenters. The van der Waals surface area contributed by atoms with E-state index in [4.69, 9.17) is 20.3 Å². The largest absolute Gasteiger partial charge is 0.391 e. The van der Waals surface area contributed by atoms with Crippen LogP contribution >= 0.6 is 0 Å². The Balaban J connectivity index is 2.41. The molecule has 0 saturated carbocycles. The summed E-state index contributed by atoms with van der Waals surface area (Å²) in [5.74, 6) is -0.815. The zero-order chi connectivity index (χ0) is 7.61. The van der Waals surface area contributed by atoms with Crippen molar-refractivity contribution in [3.8, 4) is 0 Å². The van der Waals surface area contributed by atoms with E-state index in [-0.39, 0.29) is 12.7 Å². The Bertz CT molecular complexity index is 120. The minimum Gasteiger partial charge on any atom is -0.391 e. The minimum absolute atomic E-state index is 0.0582. The van der Waals surface area contributed by atoms with E-state index in [9.17, 15) is 0 Å². The predicted octanol–water partition coefficient (Wildman–Crippen LogP) is -0.931. The first-order valence-corrected chi connectivity index (χ1v) is 3.33. The second-order valence-corrected chi connectivity index (χ2v) is 2.58. The van der Waals surface area contributed by atoms with Crippen LogP contribution in [-0.2, 0) is 9.47 Å². The third kappa shape index (κ3) is 1.46. The molecule has 0 radical (unpaired) electrons. The zero-order valence-corrected chi connectivity index (χ0v) is 6.04. The minimum atomic E-state index is -0.815. The Labute approximate surface area is 59.9 Å². The number of hydrogen-bond acceptors (Lipinski definition) is 4. The molecule has 60 valence electrons. The van der Waals surface area contributed by atoms with Gasteiger partial charge in [-0.15, -0.1) is 0 Å². The standard InChI is InChI=1S/C6H13NO3/c1-6(4-8)9-3-5(2-7)10-6/h5,8H,2-4,7H2,1H3. The first kappa shape index (κ1) is 7.94. The van der Waals surface area contributed by atoms with Gasteiger partial charge in [0.15, 0.2) is 5.79 Å². The van der Waals surface area contributed by atoms with Crippen LogP contribution in [0.4, 0.5) is 0 Å². The number of rotatable bonds is 2. The second kappa shape index (κ2) is 2.84. The molecule has 0 aromatic heterocycles. The van der Waals surface area contributed by atoms with Gasteiger partial charge < -0.3 is 20.3 Å². The number of ether oxygens (including phenoxy) is 2. The van der Waals surface area contributed by atoms with Crippen LogP contribution < -0.4 is 5.73 Å². The Morgan fingerprint density at radius 2 is 2.50 bits per heavy atom. The Morgan fingerprint density at radius 1 is 1.80 bits per heavy atom. The van der Waals surface area contributed by atoms with Crippen molar-refractivity contribution in [1.82, 2.24) is 0 Å². The smallest absolute Gasteiger partial charge is 0.189 e. The molecule has 1 rings (SSSR count). The van der Waals surface area contributed by atoms with Crippen molar-refractivity contribution in [1.29, 1.82) is 0 Å². The van der Waals surface area contributed by atoms with Gasteiger partial charge in [0.05, 0.1) is 19.3 Å². The van der Waals surface area contributed by atoms with Crippen molar-refractivity contribution in [2.24, 2.45) is 5.73 Å². The number of nitrogens with two attached hydrogens (primary N) is 1. The van der Waals surface area contributed by atoms with Crippen LogP contribution in [0, 0.1) is 0 Å². The lowest BCUT2D eigenvalue weighted by molar-refractivity contribution is -0.177. The molecule has 4 nitrogen and oxygen atoms in total. The van der Waals surface area contributed by atoms with Crippen LogP contribution in [0.25, 0.3) is 0 Å². The van der Waals surface area contributed by atoms with Gasteiger partial charge in [0.1, 0.15) is 0 Å². The van der Waals surface area contributed by atoms with Crippen molar-refractivity contribution < 1.29 is 14.6 Å². The van der Waals surface area contributed by atoms with E-state index in [0.717, 1.165) is 0 Å². The lowest BCUT2D eigenvalue weighted by Gasteiger charge is -2.19. The summed E-state index contributed by atoms with van der Waals surface area (Å²) in [6.07, 6.45) is -0.0582. The molecule has 1 heterocycles. The van der Waals surface area contributed by atoms with Gasteiger partial charge in [-0.1, -0.05) is 0 Å². The van der Waals surface area contributed by atoms with Gasteiger partial charge in [-0.3, -0.25) is 0 Å². The SMILES string of the molecule is CC1(CO)OCC(CN)O1. The van der Waals surface area contributed by atoms with Crippen molar-refractivity contribution in [2.45, 2.75) is 18.8 Å². The maximum absolute atomic E-state index is 8.75. The van der Waals surface area contributed by atoms with Crippen LogP contribution in [0.2, 0.25) is 0 Å². The molecule has 0 aromatic rings. The van der Waals surface area contributed by atoms with Crippen molar-refractivity contribution >= 4 is 0 Å². The zero-order valence-electron chi connectivity index (χ0n) is 6.04. The van der Waals surface area contributed by atoms with Gasteiger partial charge in [-0.25, -0.2) is 0 Å². The maximum atomic E-state index is 8.75. The van der Waals surface area contributed by atoms with E-state index in [1.807, 2.05) is 0 Å². The van der Waals surface area contributed by atoms with Gasteiger partial charge in [0.25, 0.3) is 0 Å². The van der Waals surface area contributed by atoms with Crippen LogP contribution in [0.5, 0.6) is 0 Å². The number of hydrogen-bond donors (Lipinski definition) is 2. The molecule has 3 N–H and O–H groups in total. The van der Waals surface area contributed by atoms with E-state index in [0.29, 0.717) is 13.2 Å². The number of aliphatic hydroxyl groups is 1. The molecule has 0 bridgehead atoms. The van der Waals surface area contributed by atoms with Crippen LogP contribution in [0.3, 0.4) is 0 Å². The van der Waals surface area contributed by atoms with Crippen molar-refractivity contribution in [2.75, 3.05) is 19.8 Å². The van der Waals surface area contributed by atoms with Gasteiger partial charge in [-0.05, 0) is 6.92 Å². The number of aliphatic hydroxyl groups excluding tert-OH is 1. The van der Waals surface area contributed by atoms with E-state index in [2.05, 4.69) is 0 Å². The van der Waals surface area contributed by atoms with Crippen LogP contribution in [0.15, 0.2) is 0 Å². The highest BCUT2D eigenvalue weighted by Crippen LogP contribution is 2.21. The normalized spacial score (nSPS) is 40.5. The summed E-state index contributed by atoms with van der Waals surface area (Å²) in [6.45, 7) is 2.50. The molecule has 1 fully saturated rings. The Kier molecular flexibility index (Phi) is 2.25. The summed E-state index contributed by atoms with van der Waals surface area (Å²) < 4.78 is 10.4. The summed E-state index contributed by atoms with van der Waals surface area (Å²) in [6, 6.07) is 0. The topological polar surface area (TPSA) is 64.7 Å². The summed E-state index contributed by atoms with van der Waals surface area (Å²) in [5.41, 5.74) is 5.32. The lowest BCUT2D eigenvalue weighted by Crippen LogP contribution is -2.32. The quantitative estimate of drug-likeness (QED) is 0.529. The molecular weight excluding hydrogens is 134 g/mol. The third-order valence-corrected chi connectivity index (χ3v) is 1.54. The van der Waals surface area contributed by atoms with E-state index in [1.54, 1.807) is 6.92 Å². The molecule has 0 amide bonds. The molecule has 2 unspecified atom stereocenters. The Hall–Kier alpha value is -0.160. The third-order valence-electron chi connectivity index (χ3n) is 1.54. The summed E-state index contributed by atoms with van der Waals surface area (Å²) in [7, 11) is 0. The second-order valence-electron chi connectivity index (χ2n) is 2.58. The molecule has 0 spiro atoms. The first-order valence-electron chi connectivity index (χ1n) is 3.33. The molecular formula is C6H13NO3. The molecule has 0 aliphatic carbocycles.